The Hall–Kier alpha value is -2.28. The van der Waals surface area contributed by atoms with E-state index in [0.717, 1.165) is 23.6 Å². The van der Waals surface area contributed by atoms with Crippen LogP contribution in [0.4, 0.5) is 0 Å². The van der Waals surface area contributed by atoms with E-state index >= 15 is 0 Å². The Morgan fingerprint density at radius 2 is 1.77 bits per heavy atom. The number of halogens is 1. The molecule has 1 saturated heterocycles. The first-order valence-corrected chi connectivity index (χ1v) is 10.3. The van der Waals surface area contributed by atoms with Crippen molar-refractivity contribution in [1.82, 2.24) is 10.2 Å². The fraction of sp³-hybridized carbons (Fsp3) is 0.435. The molecule has 0 aliphatic carbocycles. The van der Waals surface area contributed by atoms with Gasteiger partial charge in [0.05, 0.1) is 12.1 Å². The standard InChI is InChI=1S/C23H29N3O3.ClH/c1-15(18-8-9-21-22(12-18)29-11-10-28-21)25-23(27)16(2)26-13-19(20(24)14-26)17-6-4-3-5-7-17;/h3-9,12,15-16,19-20H,10-11,13-14,24H2,1-2H3,(H,25,27);1H/t15?,16?,19-,20+;/m0./s1. The third-order valence-electron chi connectivity index (χ3n) is 5.97. The van der Waals surface area contributed by atoms with Gasteiger partial charge in [0.1, 0.15) is 13.2 Å². The lowest BCUT2D eigenvalue weighted by Crippen LogP contribution is -2.45. The van der Waals surface area contributed by atoms with Crippen LogP contribution in [0.5, 0.6) is 11.5 Å². The molecule has 2 heterocycles. The third-order valence-corrected chi connectivity index (χ3v) is 5.97. The number of carbonyl (C=O) groups is 1. The first-order chi connectivity index (χ1) is 14.0. The number of nitrogens with one attached hydrogen (secondary N) is 1. The first kappa shape index (κ1) is 22.4. The second-order valence-electron chi connectivity index (χ2n) is 7.94. The molecule has 30 heavy (non-hydrogen) atoms. The van der Waals surface area contributed by atoms with E-state index in [1.54, 1.807) is 0 Å². The van der Waals surface area contributed by atoms with Crippen molar-refractivity contribution in [1.29, 1.82) is 0 Å². The van der Waals surface area contributed by atoms with E-state index in [0.29, 0.717) is 19.8 Å². The highest BCUT2D eigenvalue weighted by molar-refractivity contribution is 5.85. The smallest absolute Gasteiger partial charge is 0.237 e. The van der Waals surface area contributed by atoms with Gasteiger partial charge < -0.3 is 20.5 Å². The van der Waals surface area contributed by atoms with Crippen LogP contribution in [0.25, 0.3) is 0 Å². The SMILES string of the molecule is CC(NC(=O)C(C)N1C[C@@H](N)[C@H](c2ccccc2)C1)c1ccc2c(c1)OCCO2.Cl. The molecule has 4 atom stereocenters. The van der Waals surface area contributed by atoms with Gasteiger partial charge in [-0.3, -0.25) is 9.69 Å². The molecule has 0 spiro atoms. The summed E-state index contributed by atoms with van der Waals surface area (Å²) in [6.07, 6.45) is 0. The van der Waals surface area contributed by atoms with Crippen LogP contribution in [0.1, 0.15) is 36.9 Å². The maximum Gasteiger partial charge on any atom is 0.237 e. The molecule has 162 valence electrons. The molecule has 6 nitrogen and oxygen atoms in total. The zero-order valence-corrected chi connectivity index (χ0v) is 18.2. The van der Waals surface area contributed by atoms with Gasteiger partial charge in [0.25, 0.3) is 0 Å². The number of hydrogen-bond acceptors (Lipinski definition) is 5. The largest absolute Gasteiger partial charge is 0.486 e. The Morgan fingerprint density at radius 1 is 1.07 bits per heavy atom. The maximum absolute atomic E-state index is 12.9. The quantitative estimate of drug-likeness (QED) is 0.761. The van der Waals surface area contributed by atoms with Crippen molar-refractivity contribution in [2.75, 3.05) is 26.3 Å². The second kappa shape index (κ2) is 9.69. The molecule has 7 heteroatoms. The molecule has 0 radical (unpaired) electrons. The van der Waals surface area contributed by atoms with Gasteiger partial charge in [-0.2, -0.15) is 0 Å². The number of fused-ring (bicyclic) bond motifs is 1. The maximum atomic E-state index is 12.9. The van der Waals surface area contributed by atoms with E-state index in [9.17, 15) is 4.79 Å². The van der Waals surface area contributed by atoms with E-state index in [1.165, 1.54) is 5.56 Å². The summed E-state index contributed by atoms with van der Waals surface area (Å²) in [6.45, 7) is 6.55. The number of amides is 1. The summed E-state index contributed by atoms with van der Waals surface area (Å²) >= 11 is 0. The van der Waals surface area contributed by atoms with Gasteiger partial charge in [0.15, 0.2) is 11.5 Å². The van der Waals surface area contributed by atoms with Crippen molar-refractivity contribution in [2.24, 2.45) is 5.73 Å². The van der Waals surface area contributed by atoms with Crippen molar-refractivity contribution in [3.63, 3.8) is 0 Å². The topological polar surface area (TPSA) is 76.8 Å². The molecule has 1 fully saturated rings. The fourth-order valence-electron chi connectivity index (χ4n) is 4.14. The molecular weight excluding hydrogens is 402 g/mol. The minimum Gasteiger partial charge on any atom is -0.486 e. The van der Waals surface area contributed by atoms with Crippen LogP contribution >= 0.6 is 12.4 Å². The molecule has 3 N–H and O–H groups in total. The van der Waals surface area contributed by atoms with Crippen molar-refractivity contribution in [3.8, 4) is 11.5 Å². The summed E-state index contributed by atoms with van der Waals surface area (Å²) < 4.78 is 11.2. The highest BCUT2D eigenvalue weighted by Crippen LogP contribution is 2.33. The molecular formula is C23H30ClN3O3. The summed E-state index contributed by atoms with van der Waals surface area (Å²) in [5.41, 5.74) is 8.63. The predicted molar refractivity (Wildman–Crippen MR) is 119 cm³/mol. The van der Waals surface area contributed by atoms with Crippen LogP contribution in [-0.4, -0.2) is 49.2 Å². The van der Waals surface area contributed by atoms with Gasteiger partial charge in [-0.15, -0.1) is 12.4 Å². The molecule has 0 bridgehead atoms. The number of carbonyl (C=O) groups excluding carboxylic acids is 1. The van der Waals surface area contributed by atoms with E-state index in [1.807, 2.05) is 50.2 Å². The molecule has 4 rings (SSSR count). The van der Waals surface area contributed by atoms with Crippen LogP contribution in [0.3, 0.4) is 0 Å². The number of nitrogens with two attached hydrogens (primary N) is 1. The monoisotopic (exact) mass is 431 g/mol. The van der Waals surface area contributed by atoms with Crippen LogP contribution in [0.15, 0.2) is 48.5 Å². The number of likely N-dealkylation sites (tertiary alicyclic amines) is 1. The van der Waals surface area contributed by atoms with Crippen LogP contribution in [0, 0.1) is 0 Å². The Labute approximate surface area is 184 Å². The van der Waals surface area contributed by atoms with Crippen molar-refractivity contribution in [2.45, 2.75) is 37.9 Å². The predicted octanol–water partition coefficient (Wildman–Crippen LogP) is 2.87. The average molecular weight is 432 g/mol. The van der Waals surface area contributed by atoms with Crippen molar-refractivity contribution in [3.05, 3.63) is 59.7 Å². The molecule has 2 aromatic rings. The Kier molecular flexibility index (Phi) is 7.23. The van der Waals surface area contributed by atoms with Crippen molar-refractivity contribution < 1.29 is 14.3 Å². The van der Waals surface area contributed by atoms with Crippen LogP contribution in [0.2, 0.25) is 0 Å². The molecule has 0 aromatic heterocycles. The van der Waals surface area contributed by atoms with E-state index in [-0.39, 0.29) is 42.4 Å². The van der Waals surface area contributed by atoms with Crippen molar-refractivity contribution >= 4 is 18.3 Å². The lowest BCUT2D eigenvalue weighted by atomic mass is 9.95. The number of rotatable bonds is 5. The van der Waals surface area contributed by atoms with Gasteiger partial charge in [0.2, 0.25) is 5.91 Å². The molecule has 2 aliphatic heterocycles. The zero-order chi connectivity index (χ0) is 20.4. The summed E-state index contributed by atoms with van der Waals surface area (Å²) in [5, 5.41) is 3.13. The van der Waals surface area contributed by atoms with Crippen LogP contribution < -0.4 is 20.5 Å². The number of ether oxygens (including phenoxy) is 2. The highest BCUT2D eigenvalue weighted by Gasteiger charge is 2.36. The molecule has 1 amide bonds. The summed E-state index contributed by atoms with van der Waals surface area (Å²) in [4.78, 5) is 15.1. The van der Waals surface area contributed by atoms with E-state index < -0.39 is 0 Å². The Balaban J connectivity index is 0.00000256. The van der Waals surface area contributed by atoms with Gasteiger partial charge in [-0.25, -0.2) is 0 Å². The third kappa shape index (κ3) is 4.72. The fourth-order valence-corrected chi connectivity index (χ4v) is 4.14. The van der Waals surface area contributed by atoms with Crippen LogP contribution in [-0.2, 0) is 4.79 Å². The summed E-state index contributed by atoms with van der Waals surface area (Å²) in [5.74, 6) is 1.75. The molecule has 2 aromatic carbocycles. The minimum absolute atomic E-state index is 0. The lowest BCUT2D eigenvalue weighted by Gasteiger charge is -2.26. The number of nitrogens with zero attached hydrogens (tertiary/aromatic N) is 1. The Morgan fingerprint density at radius 3 is 2.50 bits per heavy atom. The highest BCUT2D eigenvalue weighted by atomic mass is 35.5. The normalized spacial score (nSPS) is 22.6. The van der Waals surface area contributed by atoms with E-state index in [2.05, 4.69) is 22.3 Å². The Bertz CT molecular complexity index is 864. The molecule has 0 saturated carbocycles. The lowest BCUT2D eigenvalue weighted by molar-refractivity contribution is -0.126. The van der Waals surface area contributed by atoms with Gasteiger partial charge >= 0.3 is 0 Å². The molecule has 2 aliphatic rings. The second-order valence-corrected chi connectivity index (χ2v) is 7.94. The summed E-state index contributed by atoms with van der Waals surface area (Å²) in [7, 11) is 0. The zero-order valence-electron chi connectivity index (χ0n) is 17.4. The summed E-state index contributed by atoms with van der Waals surface area (Å²) in [6, 6.07) is 15.8. The molecule has 2 unspecified atom stereocenters. The number of hydrogen-bond donors (Lipinski definition) is 2. The van der Waals surface area contributed by atoms with Gasteiger partial charge in [-0.1, -0.05) is 36.4 Å². The van der Waals surface area contributed by atoms with Gasteiger partial charge in [-0.05, 0) is 37.1 Å². The van der Waals surface area contributed by atoms with Gasteiger partial charge in [0, 0.05) is 25.0 Å². The first-order valence-electron chi connectivity index (χ1n) is 10.3. The number of benzene rings is 2. The average Bonchev–Trinajstić information content (AvgIpc) is 3.15. The minimum atomic E-state index is -0.241. The van der Waals surface area contributed by atoms with E-state index in [4.69, 9.17) is 15.2 Å².